The Morgan fingerprint density at radius 3 is 2.96 bits per heavy atom. The molecule has 9 heteroatoms. The summed E-state index contributed by atoms with van der Waals surface area (Å²) in [4.78, 5) is 25.0. The van der Waals surface area contributed by atoms with Crippen LogP contribution in [-0.4, -0.2) is 57.5 Å². The molecule has 0 aromatic carbocycles. The van der Waals surface area contributed by atoms with Gasteiger partial charge in [-0.15, -0.1) is 0 Å². The number of furan rings is 1. The van der Waals surface area contributed by atoms with Gasteiger partial charge in [0.2, 0.25) is 0 Å². The van der Waals surface area contributed by atoms with E-state index in [-0.39, 0.29) is 18.9 Å². The summed E-state index contributed by atoms with van der Waals surface area (Å²) in [5, 5.41) is 13.3. The molecular formula is C14H14BrN3O5. The van der Waals surface area contributed by atoms with Crippen molar-refractivity contribution in [1.29, 1.82) is 0 Å². The second kappa shape index (κ2) is 6.55. The minimum absolute atomic E-state index is 0.0179. The molecule has 2 aromatic heterocycles. The minimum atomic E-state index is -1.09. The Balaban J connectivity index is 1.73. The fraction of sp³-hybridized carbons (Fsp3) is 0.357. The molecule has 1 fully saturated rings. The number of nitrogens with zero attached hydrogens (tertiary/aromatic N) is 3. The molecule has 1 aliphatic heterocycles. The lowest BCUT2D eigenvalue weighted by Crippen LogP contribution is -2.52. The Morgan fingerprint density at radius 1 is 1.43 bits per heavy atom. The lowest BCUT2D eigenvalue weighted by molar-refractivity contribution is -0.147. The SMILES string of the molecule is O=C(O)[C@@H]1COCCN1C(=O)c1ccc(Cn2cc(Br)cn2)o1. The summed E-state index contributed by atoms with van der Waals surface area (Å²) in [5.74, 6) is -0.872. The number of carbonyl (C=O) groups is 2. The van der Waals surface area contributed by atoms with E-state index >= 15 is 0 Å². The van der Waals surface area contributed by atoms with Gasteiger partial charge in [-0.1, -0.05) is 0 Å². The van der Waals surface area contributed by atoms with Gasteiger partial charge >= 0.3 is 5.97 Å². The summed E-state index contributed by atoms with van der Waals surface area (Å²) in [6.45, 7) is 0.892. The van der Waals surface area contributed by atoms with Crippen molar-refractivity contribution >= 4 is 27.8 Å². The molecule has 1 saturated heterocycles. The van der Waals surface area contributed by atoms with E-state index in [2.05, 4.69) is 21.0 Å². The first-order valence-corrected chi connectivity index (χ1v) is 7.72. The molecule has 1 N–H and O–H groups in total. The zero-order chi connectivity index (χ0) is 16.4. The van der Waals surface area contributed by atoms with Crippen LogP contribution >= 0.6 is 15.9 Å². The third-order valence-electron chi connectivity index (χ3n) is 3.47. The van der Waals surface area contributed by atoms with Gasteiger partial charge in [0.1, 0.15) is 5.76 Å². The van der Waals surface area contributed by atoms with Gasteiger partial charge in [0, 0.05) is 12.7 Å². The van der Waals surface area contributed by atoms with E-state index in [0.29, 0.717) is 18.9 Å². The molecule has 1 aliphatic rings. The first kappa shape index (κ1) is 15.8. The fourth-order valence-electron chi connectivity index (χ4n) is 2.36. The van der Waals surface area contributed by atoms with E-state index in [0.717, 1.165) is 4.47 Å². The highest BCUT2D eigenvalue weighted by Gasteiger charge is 2.34. The number of hydrogen-bond acceptors (Lipinski definition) is 5. The summed E-state index contributed by atoms with van der Waals surface area (Å²) in [7, 11) is 0. The van der Waals surface area contributed by atoms with Crippen LogP contribution in [0.3, 0.4) is 0 Å². The fourth-order valence-corrected chi connectivity index (χ4v) is 2.68. The number of aromatic nitrogens is 2. The average Bonchev–Trinajstić information content (AvgIpc) is 3.16. The Morgan fingerprint density at radius 2 is 2.26 bits per heavy atom. The number of amides is 1. The second-order valence-electron chi connectivity index (χ2n) is 5.05. The summed E-state index contributed by atoms with van der Waals surface area (Å²) < 4.78 is 13.2. The van der Waals surface area contributed by atoms with Crippen molar-refractivity contribution in [3.63, 3.8) is 0 Å². The van der Waals surface area contributed by atoms with Crippen LogP contribution in [-0.2, 0) is 16.1 Å². The highest BCUT2D eigenvalue weighted by molar-refractivity contribution is 9.10. The quantitative estimate of drug-likeness (QED) is 0.851. The Labute approximate surface area is 139 Å². The minimum Gasteiger partial charge on any atom is -0.480 e. The smallest absolute Gasteiger partial charge is 0.328 e. The van der Waals surface area contributed by atoms with Crippen molar-refractivity contribution in [2.24, 2.45) is 0 Å². The van der Waals surface area contributed by atoms with Gasteiger partial charge in [-0.25, -0.2) is 4.79 Å². The van der Waals surface area contributed by atoms with Crippen molar-refractivity contribution < 1.29 is 23.8 Å². The number of hydrogen-bond donors (Lipinski definition) is 1. The van der Waals surface area contributed by atoms with Gasteiger partial charge in [0.25, 0.3) is 5.91 Å². The third-order valence-corrected chi connectivity index (χ3v) is 3.88. The summed E-state index contributed by atoms with van der Waals surface area (Å²) >= 11 is 3.30. The van der Waals surface area contributed by atoms with E-state index in [1.807, 2.05) is 0 Å². The number of carboxylic acid groups (broad SMARTS) is 1. The van der Waals surface area contributed by atoms with Crippen molar-refractivity contribution in [2.45, 2.75) is 12.6 Å². The molecule has 0 radical (unpaired) electrons. The zero-order valence-electron chi connectivity index (χ0n) is 12.0. The molecule has 0 bridgehead atoms. The maximum absolute atomic E-state index is 12.5. The molecule has 23 heavy (non-hydrogen) atoms. The summed E-state index contributed by atoms with van der Waals surface area (Å²) in [6.07, 6.45) is 3.44. The number of rotatable bonds is 4. The normalized spacial score (nSPS) is 18.1. The highest BCUT2D eigenvalue weighted by Crippen LogP contribution is 2.17. The van der Waals surface area contributed by atoms with Crippen LogP contribution in [0.4, 0.5) is 0 Å². The Hall–Kier alpha value is -2.13. The topological polar surface area (TPSA) is 97.8 Å². The molecule has 0 spiro atoms. The Kier molecular flexibility index (Phi) is 4.49. The third kappa shape index (κ3) is 3.45. The van der Waals surface area contributed by atoms with E-state index in [1.165, 1.54) is 4.90 Å². The van der Waals surface area contributed by atoms with Gasteiger partial charge in [0.15, 0.2) is 11.8 Å². The maximum atomic E-state index is 12.5. The molecule has 0 saturated carbocycles. The Bertz CT molecular complexity index is 726. The van der Waals surface area contributed by atoms with Crippen LogP contribution < -0.4 is 0 Å². The zero-order valence-corrected chi connectivity index (χ0v) is 13.6. The molecule has 3 heterocycles. The van der Waals surface area contributed by atoms with E-state index in [9.17, 15) is 14.7 Å². The largest absolute Gasteiger partial charge is 0.480 e. The van der Waals surface area contributed by atoms with E-state index < -0.39 is 17.9 Å². The van der Waals surface area contributed by atoms with Gasteiger partial charge < -0.3 is 19.2 Å². The van der Waals surface area contributed by atoms with Crippen molar-refractivity contribution in [2.75, 3.05) is 19.8 Å². The number of ether oxygens (including phenoxy) is 1. The number of halogens is 1. The van der Waals surface area contributed by atoms with Crippen molar-refractivity contribution in [1.82, 2.24) is 14.7 Å². The molecule has 0 unspecified atom stereocenters. The van der Waals surface area contributed by atoms with Gasteiger partial charge in [-0.2, -0.15) is 5.10 Å². The number of carboxylic acids is 1. The highest BCUT2D eigenvalue weighted by atomic mass is 79.9. The van der Waals surface area contributed by atoms with Gasteiger partial charge in [-0.3, -0.25) is 9.48 Å². The molecule has 3 rings (SSSR count). The van der Waals surface area contributed by atoms with Crippen LogP contribution in [0.15, 0.2) is 33.4 Å². The van der Waals surface area contributed by atoms with Crippen molar-refractivity contribution in [3.8, 4) is 0 Å². The number of aliphatic carboxylic acids is 1. The monoisotopic (exact) mass is 383 g/mol. The summed E-state index contributed by atoms with van der Waals surface area (Å²) in [5.41, 5.74) is 0. The predicted octanol–water partition coefficient (Wildman–Crippen LogP) is 1.21. The van der Waals surface area contributed by atoms with Gasteiger partial charge in [0.05, 0.1) is 30.4 Å². The van der Waals surface area contributed by atoms with Crippen LogP contribution in [0, 0.1) is 0 Å². The predicted molar refractivity (Wildman–Crippen MR) is 81.0 cm³/mol. The van der Waals surface area contributed by atoms with Crippen LogP contribution in [0.5, 0.6) is 0 Å². The molecule has 2 aromatic rings. The maximum Gasteiger partial charge on any atom is 0.328 e. The van der Waals surface area contributed by atoms with E-state index in [4.69, 9.17) is 9.15 Å². The lowest BCUT2D eigenvalue weighted by Gasteiger charge is -2.32. The van der Waals surface area contributed by atoms with Crippen LogP contribution in [0.25, 0.3) is 0 Å². The van der Waals surface area contributed by atoms with Crippen LogP contribution in [0.2, 0.25) is 0 Å². The molecular weight excluding hydrogens is 370 g/mol. The lowest BCUT2D eigenvalue weighted by atomic mass is 10.2. The molecule has 0 aliphatic carbocycles. The molecule has 122 valence electrons. The average molecular weight is 384 g/mol. The molecule has 1 atom stereocenters. The first-order chi connectivity index (χ1) is 11.0. The van der Waals surface area contributed by atoms with Gasteiger partial charge in [-0.05, 0) is 28.1 Å². The molecule has 1 amide bonds. The van der Waals surface area contributed by atoms with Crippen LogP contribution in [0.1, 0.15) is 16.3 Å². The first-order valence-electron chi connectivity index (χ1n) is 6.93. The van der Waals surface area contributed by atoms with Crippen molar-refractivity contribution in [3.05, 3.63) is 40.5 Å². The standard InChI is InChI=1S/C14H14BrN3O5/c15-9-5-16-17(6-9)7-10-1-2-12(23-10)13(19)18-3-4-22-8-11(18)14(20)21/h1-2,5-6,11H,3-4,7-8H2,(H,20,21)/t11-/m0/s1. The summed E-state index contributed by atoms with van der Waals surface area (Å²) in [6, 6.07) is 2.23. The molecule has 8 nitrogen and oxygen atoms in total. The van der Waals surface area contributed by atoms with E-state index in [1.54, 1.807) is 29.2 Å². The number of carbonyl (C=O) groups excluding carboxylic acids is 1. The second-order valence-corrected chi connectivity index (χ2v) is 5.97. The number of morpholine rings is 1.